The summed E-state index contributed by atoms with van der Waals surface area (Å²) in [5.74, 6) is -1.35. The zero-order valence-electron chi connectivity index (χ0n) is 19.9. The Bertz CT molecular complexity index is 1010. The van der Waals surface area contributed by atoms with E-state index in [1.54, 1.807) is 18.2 Å². The molecular formula is C26H32O8. The third-order valence-electron chi connectivity index (χ3n) is 5.13. The first-order chi connectivity index (χ1) is 16.2. The number of carbonyl (C=O) groups is 3. The number of rotatable bonds is 13. The Morgan fingerprint density at radius 3 is 2.21 bits per heavy atom. The lowest BCUT2D eigenvalue weighted by molar-refractivity contribution is -0.134. The lowest BCUT2D eigenvalue weighted by Crippen LogP contribution is -2.09. The molecule has 0 aliphatic rings. The van der Waals surface area contributed by atoms with Gasteiger partial charge in [-0.3, -0.25) is 9.59 Å². The highest BCUT2D eigenvalue weighted by molar-refractivity contribution is 5.91. The standard InChI is InChI=1S/C26H32O8/c1-4-10-20-22(15-14-21(24(20)29)26(30)31)32-16-8-6-5-7-11-19-12-9-13-23(33-17(2)27)25(19)34-18(3)28/h9,12-15,29H,4-8,10-11,16H2,1-3H3,(H,30,31). The van der Waals surface area contributed by atoms with Crippen LogP contribution in [0.5, 0.6) is 23.0 Å². The van der Waals surface area contributed by atoms with Crippen LogP contribution >= 0.6 is 0 Å². The second-order valence-electron chi connectivity index (χ2n) is 7.94. The van der Waals surface area contributed by atoms with Crippen molar-refractivity contribution in [1.29, 1.82) is 0 Å². The van der Waals surface area contributed by atoms with Gasteiger partial charge in [0.2, 0.25) is 0 Å². The zero-order chi connectivity index (χ0) is 25.1. The summed E-state index contributed by atoms with van der Waals surface area (Å²) >= 11 is 0. The molecule has 0 fully saturated rings. The normalized spacial score (nSPS) is 10.6. The molecule has 0 unspecified atom stereocenters. The van der Waals surface area contributed by atoms with Crippen LogP contribution in [0.3, 0.4) is 0 Å². The van der Waals surface area contributed by atoms with Gasteiger partial charge in [-0.25, -0.2) is 4.79 Å². The van der Waals surface area contributed by atoms with Crippen molar-refractivity contribution in [1.82, 2.24) is 0 Å². The first kappa shape index (κ1) is 26.7. The molecule has 8 heteroatoms. The van der Waals surface area contributed by atoms with Crippen LogP contribution in [0.2, 0.25) is 0 Å². The Labute approximate surface area is 199 Å². The molecule has 0 spiro atoms. The van der Waals surface area contributed by atoms with E-state index in [4.69, 9.17) is 14.2 Å². The number of hydrogen-bond acceptors (Lipinski definition) is 7. The van der Waals surface area contributed by atoms with Crippen LogP contribution in [0.15, 0.2) is 30.3 Å². The van der Waals surface area contributed by atoms with Crippen molar-refractivity contribution < 1.29 is 38.8 Å². The van der Waals surface area contributed by atoms with Crippen molar-refractivity contribution in [2.45, 2.75) is 65.7 Å². The average molecular weight is 473 g/mol. The van der Waals surface area contributed by atoms with Gasteiger partial charge in [0.05, 0.1) is 6.61 Å². The molecule has 2 aromatic carbocycles. The Hall–Kier alpha value is -3.55. The van der Waals surface area contributed by atoms with Gasteiger partial charge >= 0.3 is 17.9 Å². The van der Waals surface area contributed by atoms with E-state index in [2.05, 4.69) is 0 Å². The van der Waals surface area contributed by atoms with Crippen LogP contribution < -0.4 is 14.2 Å². The molecule has 2 N–H and O–H groups in total. The number of aromatic hydroxyl groups is 1. The third-order valence-corrected chi connectivity index (χ3v) is 5.13. The van der Waals surface area contributed by atoms with Crippen molar-refractivity contribution >= 4 is 17.9 Å². The third kappa shape index (κ3) is 7.79. The fourth-order valence-electron chi connectivity index (χ4n) is 3.62. The number of para-hydroxylation sites is 1. The highest BCUT2D eigenvalue weighted by atomic mass is 16.6. The number of carboxylic acids is 1. The summed E-state index contributed by atoms with van der Waals surface area (Å²) in [6.45, 7) is 4.99. The molecule has 0 amide bonds. The summed E-state index contributed by atoms with van der Waals surface area (Å²) in [5, 5.41) is 19.5. The Kier molecular flexibility index (Phi) is 10.4. The highest BCUT2D eigenvalue weighted by Gasteiger charge is 2.18. The van der Waals surface area contributed by atoms with Crippen LogP contribution in [-0.2, 0) is 22.4 Å². The number of aryl methyl sites for hydroxylation is 1. The van der Waals surface area contributed by atoms with Crippen LogP contribution in [-0.4, -0.2) is 34.7 Å². The molecular weight excluding hydrogens is 440 g/mol. The molecule has 34 heavy (non-hydrogen) atoms. The fourth-order valence-corrected chi connectivity index (χ4v) is 3.62. The number of unbranched alkanes of at least 4 members (excludes halogenated alkanes) is 3. The minimum atomic E-state index is -1.17. The topological polar surface area (TPSA) is 119 Å². The maximum absolute atomic E-state index is 11.5. The highest BCUT2D eigenvalue weighted by Crippen LogP contribution is 2.34. The molecule has 0 saturated carbocycles. The number of carboxylic acid groups (broad SMARTS) is 1. The molecule has 0 radical (unpaired) electrons. The van der Waals surface area contributed by atoms with Crippen molar-refractivity contribution in [3.05, 3.63) is 47.0 Å². The number of hydrogen-bond donors (Lipinski definition) is 2. The smallest absolute Gasteiger partial charge is 0.339 e. The number of carbonyl (C=O) groups excluding carboxylic acids is 2. The fraction of sp³-hybridized carbons (Fsp3) is 0.423. The van der Waals surface area contributed by atoms with Crippen LogP contribution in [0.1, 0.15) is 74.4 Å². The summed E-state index contributed by atoms with van der Waals surface area (Å²) in [4.78, 5) is 34.1. The maximum Gasteiger partial charge on any atom is 0.339 e. The second kappa shape index (κ2) is 13.2. The van der Waals surface area contributed by atoms with Gasteiger partial charge in [-0.05, 0) is 49.4 Å². The molecule has 184 valence electrons. The molecule has 0 aliphatic carbocycles. The zero-order valence-corrected chi connectivity index (χ0v) is 19.9. The molecule has 2 aromatic rings. The van der Waals surface area contributed by atoms with Crippen molar-refractivity contribution in [3.8, 4) is 23.0 Å². The van der Waals surface area contributed by atoms with Crippen molar-refractivity contribution in [2.24, 2.45) is 0 Å². The maximum atomic E-state index is 11.5. The van der Waals surface area contributed by atoms with E-state index in [0.717, 1.165) is 37.7 Å². The van der Waals surface area contributed by atoms with Crippen molar-refractivity contribution in [3.63, 3.8) is 0 Å². The molecule has 8 nitrogen and oxygen atoms in total. The van der Waals surface area contributed by atoms with Crippen LogP contribution in [0.4, 0.5) is 0 Å². The minimum Gasteiger partial charge on any atom is -0.507 e. The molecule has 0 saturated heterocycles. The predicted molar refractivity (Wildman–Crippen MR) is 126 cm³/mol. The molecule has 0 atom stereocenters. The molecule has 2 rings (SSSR count). The van der Waals surface area contributed by atoms with Gasteiger partial charge in [-0.1, -0.05) is 38.3 Å². The van der Waals surface area contributed by atoms with E-state index < -0.39 is 17.9 Å². The average Bonchev–Trinajstić information content (AvgIpc) is 2.76. The summed E-state index contributed by atoms with van der Waals surface area (Å²) in [5.41, 5.74) is 1.19. The summed E-state index contributed by atoms with van der Waals surface area (Å²) in [6.07, 6.45) is 5.37. The molecule has 0 heterocycles. The van der Waals surface area contributed by atoms with E-state index in [-0.39, 0.29) is 22.8 Å². The summed E-state index contributed by atoms with van der Waals surface area (Å²) in [7, 11) is 0. The van der Waals surface area contributed by atoms with E-state index in [1.807, 2.05) is 13.0 Å². The SMILES string of the molecule is CCCc1c(OCCCCCCc2cccc(OC(C)=O)c2OC(C)=O)ccc(C(=O)O)c1O. The predicted octanol–water partition coefficient (Wildman–Crippen LogP) is 5.08. The van der Waals surface area contributed by atoms with Crippen LogP contribution in [0.25, 0.3) is 0 Å². The molecule has 0 aliphatic heterocycles. The van der Waals surface area contributed by atoms with Gasteiger partial charge in [-0.15, -0.1) is 0 Å². The van der Waals surface area contributed by atoms with Crippen molar-refractivity contribution in [2.75, 3.05) is 6.61 Å². The molecule has 0 aromatic heterocycles. The van der Waals surface area contributed by atoms with E-state index in [9.17, 15) is 24.6 Å². The van der Waals surface area contributed by atoms with E-state index >= 15 is 0 Å². The van der Waals surface area contributed by atoms with E-state index in [0.29, 0.717) is 30.8 Å². The van der Waals surface area contributed by atoms with Gasteiger partial charge in [0, 0.05) is 19.4 Å². The molecule has 0 bridgehead atoms. The van der Waals surface area contributed by atoms with Crippen LogP contribution in [0, 0.1) is 0 Å². The van der Waals surface area contributed by atoms with Gasteiger partial charge in [0.1, 0.15) is 17.1 Å². The van der Waals surface area contributed by atoms with Gasteiger partial charge in [-0.2, -0.15) is 0 Å². The summed E-state index contributed by atoms with van der Waals surface area (Å²) < 4.78 is 16.3. The lowest BCUT2D eigenvalue weighted by Gasteiger charge is -2.14. The lowest BCUT2D eigenvalue weighted by atomic mass is 10.0. The Morgan fingerprint density at radius 2 is 1.56 bits per heavy atom. The Morgan fingerprint density at radius 1 is 0.853 bits per heavy atom. The van der Waals surface area contributed by atoms with Gasteiger partial charge < -0.3 is 24.4 Å². The quantitative estimate of drug-likeness (QED) is 0.235. The number of esters is 2. The number of ether oxygens (including phenoxy) is 3. The van der Waals surface area contributed by atoms with Gasteiger partial charge in [0.25, 0.3) is 0 Å². The number of phenols is 1. The first-order valence-corrected chi connectivity index (χ1v) is 11.4. The first-order valence-electron chi connectivity index (χ1n) is 11.4. The largest absolute Gasteiger partial charge is 0.507 e. The summed E-state index contributed by atoms with van der Waals surface area (Å²) in [6, 6.07) is 8.15. The minimum absolute atomic E-state index is 0.123. The Balaban J connectivity index is 1.87. The van der Waals surface area contributed by atoms with E-state index in [1.165, 1.54) is 19.9 Å². The number of aromatic carboxylic acids is 1. The number of benzene rings is 2. The second-order valence-corrected chi connectivity index (χ2v) is 7.94. The van der Waals surface area contributed by atoms with Gasteiger partial charge in [0.15, 0.2) is 11.5 Å². The monoisotopic (exact) mass is 472 g/mol.